The monoisotopic (exact) mass is 268 g/mol. The van der Waals surface area contributed by atoms with E-state index >= 15 is 0 Å². The summed E-state index contributed by atoms with van der Waals surface area (Å²) in [5.74, 6) is 0.855. The van der Waals surface area contributed by atoms with Crippen LogP contribution < -0.4 is 9.47 Å². The van der Waals surface area contributed by atoms with Crippen molar-refractivity contribution in [3.63, 3.8) is 0 Å². The molecule has 0 aliphatic heterocycles. The first-order chi connectivity index (χ1) is 9.72. The third-order valence-corrected chi connectivity index (χ3v) is 2.73. The molecule has 102 valence electrons. The minimum atomic E-state index is -0.389. The molecule has 0 spiro atoms. The number of ether oxygens (including phenoxy) is 2. The Kier molecular flexibility index (Phi) is 4.56. The van der Waals surface area contributed by atoms with Gasteiger partial charge in [-0.05, 0) is 48.9 Å². The maximum atomic E-state index is 12.0. The molecule has 0 aromatic heterocycles. The van der Waals surface area contributed by atoms with Gasteiger partial charge in [-0.3, -0.25) is 0 Å². The van der Waals surface area contributed by atoms with E-state index in [9.17, 15) is 4.79 Å². The highest BCUT2D eigenvalue weighted by Crippen LogP contribution is 2.17. The predicted octanol–water partition coefficient (Wildman–Crippen LogP) is 3.95. The van der Waals surface area contributed by atoms with Crippen LogP contribution in [-0.4, -0.2) is 12.6 Å². The van der Waals surface area contributed by atoms with Crippen LogP contribution in [-0.2, 0) is 0 Å². The lowest BCUT2D eigenvalue weighted by Gasteiger charge is -2.06. The largest absolute Gasteiger partial charge is 0.494 e. The van der Waals surface area contributed by atoms with Crippen molar-refractivity contribution >= 4 is 12.0 Å². The van der Waals surface area contributed by atoms with Gasteiger partial charge in [0.1, 0.15) is 11.5 Å². The number of rotatable bonds is 5. The molecule has 2 aromatic carbocycles. The van der Waals surface area contributed by atoms with Gasteiger partial charge in [0, 0.05) is 0 Å². The van der Waals surface area contributed by atoms with Crippen LogP contribution >= 0.6 is 0 Å². The fraction of sp³-hybridized carbons (Fsp3) is 0.118. The number of hydrogen-bond donors (Lipinski definition) is 0. The second kappa shape index (κ2) is 6.57. The van der Waals surface area contributed by atoms with Gasteiger partial charge < -0.3 is 9.47 Å². The maximum Gasteiger partial charge on any atom is 0.343 e. The Morgan fingerprint density at radius 1 is 1.05 bits per heavy atom. The van der Waals surface area contributed by atoms with E-state index in [-0.39, 0.29) is 5.97 Å². The smallest absolute Gasteiger partial charge is 0.343 e. The highest BCUT2D eigenvalue weighted by atomic mass is 16.5. The van der Waals surface area contributed by atoms with Crippen molar-refractivity contribution in [3.8, 4) is 11.5 Å². The van der Waals surface area contributed by atoms with Crippen molar-refractivity contribution in [1.82, 2.24) is 0 Å². The molecular weight excluding hydrogens is 252 g/mol. The van der Waals surface area contributed by atoms with Crippen LogP contribution in [0.1, 0.15) is 22.8 Å². The summed E-state index contributed by atoms with van der Waals surface area (Å²) < 4.78 is 10.6. The van der Waals surface area contributed by atoms with Gasteiger partial charge in [0.15, 0.2) is 0 Å². The Bertz CT molecular complexity index is 583. The quantitative estimate of drug-likeness (QED) is 0.608. The van der Waals surface area contributed by atoms with E-state index in [0.29, 0.717) is 17.9 Å². The molecule has 0 saturated heterocycles. The molecule has 0 N–H and O–H groups in total. The predicted molar refractivity (Wildman–Crippen MR) is 79.1 cm³/mol. The molecule has 0 unspecified atom stereocenters. The van der Waals surface area contributed by atoms with Crippen molar-refractivity contribution in [2.24, 2.45) is 0 Å². The van der Waals surface area contributed by atoms with Crippen molar-refractivity contribution in [2.75, 3.05) is 6.61 Å². The second-order valence-electron chi connectivity index (χ2n) is 4.12. The average Bonchev–Trinajstić information content (AvgIpc) is 2.49. The molecule has 2 aromatic rings. The molecule has 0 bridgehead atoms. The van der Waals surface area contributed by atoms with E-state index in [4.69, 9.17) is 9.47 Å². The third-order valence-electron chi connectivity index (χ3n) is 2.73. The Labute approximate surface area is 118 Å². The molecule has 0 aliphatic carbocycles. The van der Waals surface area contributed by atoms with Gasteiger partial charge in [-0.2, -0.15) is 0 Å². The summed E-state index contributed by atoms with van der Waals surface area (Å²) in [5, 5.41) is 0. The first kappa shape index (κ1) is 13.9. The SMILES string of the molecule is C=Cc1ccc(OC(=O)c2ccc(OCC)cc2)cc1. The van der Waals surface area contributed by atoms with Crippen LogP contribution in [0.5, 0.6) is 11.5 Å². The summed E-state index contributed by atoms with van der Waals surface area (Å²) in [7, 11) is 0. The van der Waals surface area contributed by atoms with Crippen LogP contribution in [0.15, 0.2) is 55.1 Å². The lowest BCUT2D eigenvalue weighted by Crippen LogP contribution is -2.08. The van der Waals surface area contributed by atoms with Gasteiger partial charge in [-0.25, -0.2) is 4.79 Å². The van der Waals surface area contributed by atoms with Gasteiger partial charge >= 0.3 is 5.97 Å². The van der Waals surface area contributed by atoms with Crippen LogP contribution in [0.4, 0.5) is 0 Å². The van der Waals surface area contributed by atoms with Crippen LogP contribution in [0.2, 0.25) is 0 Å². The Morgan fingerprint density at radius 3 is 2.20 bits per heavy atom. The lowest BCUT2D eigenvalue weighted by molar-refractivity contribution is 0.0734. The van der Waals surface area contributed by atoms with E-state index in [1.54, 1.807) is 42.5 Å². The number of esters is 1. The summed E-state index contributed by atoms with van der Waals surface area (Å²) in [6, 6.07) is 14.0. The Hall–Kier alpha value is -2.55. The molecule has 3 heteroatoms. The van der Waals surface area contributed by atoms with Crippen molar-refractivity contribution in [1.29, 1.82) is 0 Å². The summed E-state index contributed by atoms with van der Waals surface area (Å²) in [6.45, 7) is 6.18. The molecular formula is C17H16O3. The number of hydrogen-bond acceptors (Lipinski definition) is 3. The maximum absolute atomic E-state index is 12.0. The summed E-state index contributed by atoms with van der Waals surface area (Å²) >= 11 is 0. The molecule has 2 rings (SSSR count). The molecule has 0 aliphatic rings. The molecule has 0 radical (unpaired) electrons. The van der Waals surface area contributed by atoms with Crippen molar-refractivity contribution in [2.45, 2.75) is 6.92 Å². The zero-order chi connectivity index (χ0) is 14.4. The van der Waals surface area contributed by atoms with Crippen molar-refractivity contribution in [3.05, 3.63) is 66.2 Å². The van der Waals surface area contributed by atoms with E-state index in [1.807, 2.05) is 19.1 Å². The van der Waals surface area contributed by atoms with Gasteiger partial charge in [-0.15, -0.1) is 0 Å². The molecule has 3 nitrogen and oxygen atoms in total. The van der Waals surface area contributed by atoms with E-state index < -0.39 is 0 Å². The average molecular weight is 268 g/mol. The Balaban J connectivity index is 2.04. The summed E-state index contributed by atoms with van der Waals surface area (Å²) in [4.78, 5) is 12.0. The number of benzene rings is 2. The van der Waals surface area contributed by atoms with Crippen LogP contribution in [0, 0.1) is 0 Å². The van der Waals surface area contributed by atoms with Crippen LogP contribution in [0.25, 0.3) is 6.08 Å². The Morgan fingerprint density at radius 2 is 1.65 bits per heavy atom. The van der Waals surface area contributed by atoms with Gasteiger partial charge in [-0.1, -0.05) is 24.8 Å². The van der Waals surface area contributed by atoms with Crippen LogP contribution in [0.3, 0.4) is 0 Å². The van der Waals surface area contributed by atoms with E-state index in [2.05, 4.69) is 6.58 Å². The first-order valence-corrected chi connectivity index (χ1v) is 6.40. The van der Waals surface area contributed by atoms with Gasteiger partial charge in [0.2, 0.25) is 0 Å². The van der Waals surface area contributed by atoms with E-state index in [1.165, 1.54) is 0 Å². The fourth-order valence-corrected chi connectivity index (χ4v) is 1.69. The second-order valence-corrected chi connectivity index (χ2v) is 4.12. The standard InChI is InChI=1S/C17H16O3/c1-3-13-5-9-16(10-6-13)20-17(18)14-7-11-15(12-8-14)19-4-2/h3,5-12H,1,4H2,2H3. The topological polar surface area (TPSA) is 35.5 Å². The summed E-state index contributed by atoms with van der Waals surface area (Å²) in [6.07, 6.45) is 1.73. The molecule has 0 atom stereocenters. The van der Waals surface area contributed by atoms with Gasteiger partial charge in [0.05, 0.1) is 12.2 Å². The van der Waals surface area contributed by atoms with Crippen molar-refractivity contribution < 1.29 is 14.3 Å². The third kappa shape index (κ3) is 3.48. The minimum absolute atomic E-state index is 0.389. The summed E-state index contributed by atoms with van der Waals surface area (Å²) in [5.41, 5.74) is 1.46. The lowest BCUT2D eigenvalue weighted by atomic mass is 10.2. The first-order valence-electron chi connectivity index (χ1n) is 6.40. The molecule has 0 saturated carbocycles. The fourth-order valence-electron chi connectivity index (χ4n) is 1.69. The zero-order valence-electron chi connectivity index (χ0n) is 11.3. The highest BCUT2D eigenvalue weighted by Gasteiger charge is 2.08. The minimum Gasteiger partial charge on any atom is -0.494 e. The van der Waals surface area contributed by atoms with E-state index in [0.717, 1.165) is 11.3 Å². The molecule has 0 fully saturated rings. The highest BCUT2D eigenvalue weighted by molar-refractivity contribution is 5.91. The molecule has 0 amide bonds. The molecule has 20 heavy (non-hydrogen) atoms. The number of carbonyl (C=O) groups is 1. The van der Waals surface area contributed by atoms with Gasteiger partial charge in [0.25, 0.3) is 0 Å². The number of carbonyl (C=O) groups excluding carboxylic acids is 1. The zero-order valence-corrected chi connectivity index (χ0v) is 11.3. The normalized spacial score (nSPS) is 9.85. The molecule has 0 heterocycles.